The zero-order valence-electron chi connectivity index (χ0n) is 9.90. The molecule has 1 rings (SSSR count). The van der Waals surface area contributed by atoms with Gasteiger partial charge in [-0.1, -0.05) is 29.8 Å². The fraction of sp³-hybridized carbons (Fsp3) is 0.385. The van der Waals surface area contributed by atoms with Crippen LogP contribution in [0.2, 0.25) is 5.02 Å². The van der Waals surface area contributed by atoms with Crippen LogP contribution in [0.3, 0.4) is 0 Å². The normalized spacial score (nSPS) is 11.9. The maximum Gasteiger partial charge on any atom is 0.316 e. The molecule has 0 amide bonds. The Kier molecular flexibility index (Phi) is 5.16. The van der Waals surface area contributed by atoms with Crippen LogP contribution >= 0.6 is 11.6 Å². The summed E-state index contributed by atoms with van der Waals surface area (Å²) in [5.41, 5.74) is 0.732. The Labute approximate surface area is 106 Å². The maximum atomic E-state index is 11.8. The number of esters is 1. The van der Waals surface area contributed by atoms with E-state index in [1.54, 1.807) is 32.0 Å². The number of hydrogen-bond donors (Lipinski definition) is 0. The zero-order valence-corrected chi connectivity index (χ0v) is 10.7. The van der Waals surface area contributed by atoms with E-state index < -0.39 is 11.9 Å². The van der Waals surface area contributed by atoms with Crippen molar-refractivity contribution >= 4 is 23.4 Å². The summed E-state index contributed by atoms with van der Waals surface area (Å²) in [7, 11) is 0. The van der Waals surface area contributed by atoms with Gasteiger partial charge in [0.05, 0.1) is 6.61 Å². The van der Waals surface area contributed by atoms with Crippen molar-refractivity contribution in [3.8, 4) is 0 Å². The molecule has 1 aromatic rings. The highest BCUT2D eigenvalue weighted by molar-refractivity contribution is 6.31. The highest BCUT2D eigenvalue weighted by Crippen LogP contribution is 2.17. The number of halogens is 1. The summed E-state index contributed by atoms with van der Waals surface area (Å²) in [6, 6.07) is 7.10. The standard InChI is InChI=1S/C13H15ClO3/c1-3-17-13(16)9(2)12(15)8-10-6-4-5-7-11(10)14/h4-7,9H,3,8H2,1-2H3/t9-/m1/s1. The van der Waals surface area contributed by atoms with Crippen molar-refractivity contribution in [2.45, 2.75) is 20.3 Å². The lowest BCUT2D eigenvalue weighted by molar-refractivity contribution is -0.150. The average molecular weight is 255 g/mol. The minimum atomic E-state index is -0.744. The van der Waals surface area contributed by atoms with Gasteiger partial charge in [0.25, 0.3) is 0 Å². The number of benzene rings is 1. The Hall–Kier alpha value is -1.35. The van der Waals surface area contributed by atoms with E-state index in [1.807, 2.05) is 6.07 Å². The topological polar surface area (TPSA) is 43.4 Å². The van der Waals surface area contributed by atoms with Crippen LogP contribution in [0.25, 0.3) is 0 Å². The largest absolute Gasteiger partial charge is 0.465 e. The number of ketones is 1. The number of carbonyl (C=O) groups excluding carboxylic acids is 2. The molecule has 0 unspecified atom stereocenters. The molecule has 0 N–H and O–H groups in total. The van der Waals surface area contributed by atoms with E-state index in [2.05, 4.69) is 0 Å². The van der Waals surface area contributed by atoms with Crippen LogP contribution in [-0.4, -0.2) is 18.4 Å². The van der Waals surface area contributed by atoms with Gasteiger partial charge in [0, 0.05) is 11.4 Å². The van der Waals surface area contributed by atoms with Crippen LogP contribution in [0.1, 0.15) is 19.4 Å². The second-order valence-electron chi connectivity index (χ2n) is 3.71. The predicted octanol–water partition coefficient (Wildman–Crippen LogP) is 2.65. The van der Waals surface area contributed by atoms with Gasteiger partial charge < -0.3 is 4.74 Å². The van der Waals surface area contributed by atoms with Gasteiger partial charge >= 0.3 is 5.97 Å². The fourth-order valence-corrected chi connectivity index (χ4v) is 1.58. The van der Waals surface area contributed by atoms with E-state index in [4.69, 9.17) is 16.3 Å². The molecule has 17 heavy (non-hydrogen) atoms. The van der Waals surface area contributed by atoms with E-state index in [1.165, 1.54) is 0 Å². The van der Waals surface area contributed by atoms with E-state index >= 15 is 0 Å². The first kappa shape index (κ1) is 13.7. The van der Waals surface area contributed by atoms with Crippen LogP contribution in [0.15, 0.2) is 24.3 Å². The molecular formula is C13H15ClO3. The lowest BCUT2D eigenvalue weighted by Crippen LogP contribution is -2.24. The van der Waals surface area contributed by atoms with Gasteiger partial charge in [-0.25, -0.2) is 0 Å². The molecule has 1 aromatic carbocycles. The third-order valence-electron chi connectivity index (χ3n) is 2.45. The van der Waals surface area contributed by atoms with E-state index in [0.29, 0.717) is 5.02 Å². The Morgan fingerprint density at radius 2 is 2.00 bits per heavy atom. The molecule has 0 aliphatic heterocycles. The third kappa shape index (κ3) is 3.86. The highest BCUT2D eigenvalue weighted by atomic mass is 35.5. The SMILES string of the molecule is CCOC(=O)[C@H](C)C(=O)Cc1ccccc1Cl. The zero-order chi connectivity index (χ0) is 12.8. The molecule has 0 saturated carbocycles. The Morgan fingerprint density at radius 3 is 2.59 bits per heavy atom. The van der Waals surface area contributed by atoms with Crippen molar-refractivity contribution in [3.05, 3.63) is 34.9 Å². The predicted molar refractivity (Wildman–Crippen MR) is 66.0 cm³/mol. The van der Waals surface area contributed by atoms with Gasteiger partial charge in [-0.2, -0.15) is 0 Å². The monoisotopic (exact) mass is 254 g/mol. The second-order valence-corrected chi connectivity index (χ2v) is 4.12. The van der Waals surface area contributed by atoms with Crippen molar-refractivity contribution < 1.29 is 14.3 Å². The fourth-order valence-electron chi connectivity index (χ4n) is 1.38. The molecule has 1 atom stereocenters. The molecule has 0 aliphatic rings. The first-order valence-corrected chi connectivity index (χ1v) is 5.86. The lowest BCUT2D eigenvalue weighted by atomic mass is 9.99. The van der Waals surface area contributed by atoms with Crippen molar-refractivity contribution in [1.29, 1.82) is 0 Å². The van der Waals surface area contributed by atoms with Crippen LogP contribution < -0.4 is 0 Å². The van der Waals surface area contributed by atoms with Crippen LogP contribution in [0, 0.1) is 5.92 Å². The molecule has 0 fully saturated rings. The van der Waals surface area contributed by atoms with Gasteiger partial charge in [-0.15, -0.1) is 0 Å². The van der Waals surface area contributed by atoms with Gasteiger partial charge in [0.1, 0.15) is 5.92 Å². The molecule has 0 aromatic heterocycles. The number of rotatable bonds is 5. The van der Waals surface area contributed by atoms with Crippen molar-refractivity contribution in [1.82, 2.24) is 0 Å². The van der Waals surface area contributed by atoms with Gasteiger partial charge in [0.15, 0.2) is 5.78 Å². The van der Waals surface area contributed by atoms with Gasteiger partial charge in [0.2, 0.25) is 0 Å². The van der Waals surface area contributed by atoms with E-state index in [-0.39, 0.29) is 18.8 Å². The number of ether oxygens (including phenoxy) is 1. The second kappa shape index (κ2) is 6.40. The molecule has 4 heteroatoms. The Bertz CT molecular complexity index is 415. The molecular weight excluding hydrogens is 240 g/mol. The molecule has 92 valence electrons. The lowest BCUT2D eigenvalue weighted by Gasteiger charge is -2.10. The highest BCUT2D eigenvalue weighted by Gasteiger charge is 2.23. The van der Waals surface area contributed by atoms with Crippen LogP contribution in [0.5, 0.6) is 0 Å². The van der Waals surface area contributed by atoms with E-state index in [0.717, 1.165) is 5.56 Å². The van der Waals surface area contributed by atoms with Crippen molar-refractivity contribution in [2.24, 2.45) is 5.92 Å². The van der Waals surface area contributed by atoms with Crippen LogP contribution in [0.4, 0.5) is 0 Å². The van der Waals surface area contributed by atoms with Crippen molar-refractivity contribution in [3.63, 3.8) is 0 Å². The molecule has 0 aliphatic carbocycles. The van der Waals surface area contributed by atoms with Gasteiger partial charge in [-0.05, 0) is 25.5 Å². The van der Waals surface area contributed by atoms with Crippen molar-refractivity contribution in [2.75, 3.05) is 6.61 Å². The summed E-state index contributed by atoms with van der Waals surface area (Å²) in [4.78, 5) is 23.2. The number of carbonyl (C=O) groups is 2. The maximum absolute atomic E-state index is 11.8. The van der Waals surface area contributed by atoms with E-state index in [9.17, 15) is 9.59 Å². The summed E-state index contributed by atoms with van der Waals surface area (Å²) in [5.74, 6) is -1.41. The summed E-state index contributed by atoms with van der Waals surface area (Å²) in [6.45, 7) is 3.54. The molecule has 3 nitrogen and oxygen atoms in total. The summed E-state index contributed by atoms with van der Waals surface area (Å²) in [5, 5.41) is 0.539. The molecule has 0 spiro atoms. The first-order chi connectivity index (χ1) is 8.06. The van der Waals surface area contributed by atoms with Crippen LogP contribution in [-0.2, 0) is 20.7 Å². The number of Topliss-reactive ketones (excluding diaryl/α,β-unsaturated/α-hetero) is 1. The summed E-state index contributed by atoms with van der Waals surface area (Å²) < 4.78 is 4.80. The first-order valence-electron chi connectivity index (χ1n) is 5.49. The smallest absolute Gasteiger partial charge is 0.316 e. The molecule has 0 bridgehead atoms. The Balaban J connectivity index is 2.67. The Morgan fingerprint density at radius 1 is 1.35 bits per heavy atom. The summed E-state index contributed by atoms with van der Waals surface area (Å²) in [6.07, 6.45) is 0.152. The average Bonchev–Trinajstić information content (AvgIpc) is 2.31. The molecule has 0 heterocycles. The summed E-state index contributed by atoms with van der Waals surface area (Å²) >= 11 is 5.95. The van der Waals surface area contributed by atoms with Gasteiger partial charge in [-0.3, -0.25) is 9.59 Å². The molecule has 0 radical (unpaired) electrons. The molecule has 0 saturated heterocycles. The minimum Gasteiger partial charge on any atom is -0.465 e. The minimum absolute atomic E-state index is 0.152. The third-order valence-corrected chi connectivity index (χ3v) is 2.81. The quantitative estimate of drug-likeness (QED) is 0.599. The number of hydrogen-bond acceptors (Lipinski definition) is 3.